The zero-order chi connectivity index (χ0) is 27.5. The summed E-state index contributed by atoms with van der Waals surface area (Å²) in [6, 6.07) is 1.42. The molecule has 6 rings (SSSR count). The number of fused-ring (bicyclic) bond motifs is 1. The van der Waals surface area contributed by atoms with Crippen LogP contribution in [0, 0.1) is 18.8 Å². The van der Waals surface area contributed by atoms with Crippen LogP contribution < -0.4 is 16.0 Å². The Hall–Kier alpha value is -2.89. The van der Waals surface area contributed by atoms with E-state index in [1.807, 2.05) is 40.0 Å². The van der Waals surface area contributed by atoms with Crippen molar-refractivity contribution in [2.75, 3.05) is 17.2 Å². The lowest BCUT2D eigenvalue weighted by Crippen LogP contribution is -2.46. The molecule has 3 heterocycles. The van der Waals surface area contributed by atoms with Crippen molar-refractivity contribution < 1.29 is 15.0 Å². The number of thiazole rings is 1. The third kappa shape index (κ3) is 5.57. The molecule has 0 aromatic carbocycles. The Labute approximate surface area is 232 Å². The summed E-state index contributed by atoms with van der Waals surface area (Å²) in [5.41, 5.74) is 3.07. The van der Waals surface area contributed by atoms with Crippen molar-refractivity contribution in [2.24, 2.45) is 11.8 Å². The van der Waals surface area contributed by atoms with Crippen molar-refractivity contribution in [3.8, 4) is 10.6 Å². The minimum Gasteiger partial charge on any atom is -0.390 e. The fourth-order valence-electron chi connectivity index (χ4n) is 5.28. The number of carbonyl (C=O) groups excluding carboxylic acids is 1. The summed E-state index contributed by atoms with van der Waals surface area (Å²) in [6.07, 6.45) is 4.51. The fraction of sp³-hybridized carbons (Fsp3) is 0.607. The average molecular weight is 552 g/mol. The molecule has 4 atom stereocenters. The van der Waals surface area contributed by atoms with Crippen molar-refractivity contribution >= 4 is 39.2 Å². The number of amides is 1. The van der Waals surface area contributed by atoms with Crippen molar-refractivity contribution in [1.29, 1.82) is 0 Å². The topological polar surface area (TPSA) is 145 Å². The predicted molar refractivity (Wildman–Crippen MR) is 152 cm³/mol. The molecule has 1 amide bonds. The number of rotatable bonds is 8. The van der Waals surface area contributed by atoms with Gasteiger partial charge in [0.25, 0.3) is 0 Å². The average Bonchev–Trinajstić information content (AvgIpc) is 3.79. The van der Waals surface area contributed by atoms with Crippen molar-refractivity contribution in [3.63, 3.8) is 0 Å². The van der Waals surface area contributed by atoms with Crippen molar-refractivity contribution in [1.82, 2.24) is 25.3 Å². The van der Waals surface area contributed by atoms with Gasteiger partial charge < -0.3 is 26.2 Å². The van der Waals surface area contributed by atoms with Gasteiger partial charge in [0, 0.05) is 24.2 Å². The number of carbonyl (C=O) groups is 1. The molecule has 3 saturated carbocycles. The monoisotopic (exact) mass is 551 g/mol. The number of hydrogen-bond donors (Lipinski definition) is 5. The van der Waals surface area contributed by atoms with E-state index in [2.05, 4.69) is 20.9 Å². The van der Waals surface area contributed by atoms with Gasteiger partial charge in [0.15, 0.2) is 0 Å². The van der Waals surface area contributed by atoms with Crippen LogP contribution in [0.1, 0.15) is 70.2 Å². The Bertz CT molecular complexity index is 1400. The molecular weight excluding hydrogens is 514 g/mol. The van der Waals surface area contributed by atoms with Crippen LogP contribution in [0.25, 0.3) is 20.8 Å². The van der Waals surface area contributed by atoms with Crippen LogP contribution in [-0.2, 0) is 4.79 Å². The van der Waals surface area contributed by atoms with Crippen molar-refractivity contribution in [3.05, 3.63) is 23.7 Å². The Morgan fingerprint density at radius 2 is 1.87 bits per heavy atom. The first-order valence-electron chi connectivity index (χ1n) is 13.9. The van der Waals surface area contributed by atoms with Crippen LogP contribution in [0.5, 0.6) is 0 Å². The van der Waals surface area contributed by atoms with Gasteiger partial charge in [0.05, 0.1) is 39.7 Å². The number of aliphatic hydroxyl groups is 2. The Balaban J connectivity index is 1.34. The summed E-state index contributed by atoms with van der Waals surface area (Å²) >= 11 is 1.58. The van der Waals surface area contributed by atoms with E-state index in [0.29, 0.717) is 23.6 Å². The van der Waals surface area contributed by atoms with E-state index in [-0.39, 0.29) is 12.3 Å². The normalized spacial score (nSPS) is 25.2. The molecule has 10 nitrogen and oxygen atoms in total. The first-order chi connectivity index (χ1) is 18.6. The first-order valence-corrected chi connectivity index (χ1v) is 14.7. The van der Waals surface area contributed by atoms with Crippen LogP contribution in [0.3, 0.4) is 0 Å². The number of aryl methyl sites for hydroxylation is 1. The van der Waals surface area contributed by atoms with Gasteiger partial charge in [-0.3, -0.25) is 9.78 Å². The van der Waals surface area contributed by atoms with E-state index in [1.54, 1.807) is 11.3 Å². The molecule has 0 spiro atoms. The van der Waals surface area contributed by atoms with Gasteiger partial charge >= 0.3 is 0 Å². The maximum absolute atomic E-state index is 12.9. The maximum Gasteiger partial charge on any atom is 0.226 e. The second kappa shape index (κ2) is 9.94. The smallest absolute Gasteiger partial charge is 0.226 e. The van der Waals surface area contributed by atoms with Gasteiger partial charge in [-0.2, -0.15) is 4.98 Å². The highest BCUT2D eigenvalue weighted by Crippen LogP contribution is 2.44. The third-order valence-electron chi connectivity index (χ3n) is 7.69. The predicted octanol–water partition coefficient (Wildman–Crippen LogP) is 3.59. The molecule has 5 N–H and O–H groups in total. The van der Waals surface area contributed by atoms with Gasteiger partial charge in [-0.15, -0.1) is 11.3 Å². The summed E-state index contributed by atoms with van der Waals surface area (Å²) in [5.74, 6) is 1.17. The number of hydrogen-bond acceptors (Lipinski definition) is 10. The van der Waals surface area contributed by atoms with E-state index >= 15 is 0 Å². The lowest BCUT2D eigenvalue weighted by molar-refractivity contribution is -0.130. The number of aliphatic hydroxyl groups excluding tert-OH is 2. The van der Waals surface area contributed by atoms with Crippen LogP contribution in [0.4, 0.5) is 11.8 Å². The molecule has 0 bridgehead atoms. The number of anilines is 2. The van der Waals surface area contributed by atoms with Gasteiger partial charge in [0.2, 0.25) is 11.9 Å². The third-order valence-corrected chi connectivity index (χ3v) is 8.73. The minimum atomic E-state index is -1.18. The second-order valence-corrected chi connectivity index (χ2v) is 13.4. The largest absolute Gasteiger partial charge is 0.390 e. The first kappa shape index (κ1) is 26.3. The number of nitrogens with zero attached hydrogens (tertiary/aromatic N) is 4. The molecular formula is C28H37N7O3S. The molecule has 3 aromatic rings. The molecule has 0 aliphatic heterocycles. The van der Waals surface area contributed by atoms with Crippen LogP contribution >= 0.6 is 11.3 Å². The molecule has 0 saturated heterocycles. The SMILES string of the molecule is Cc1nc(NCC2CC2)nc(NC2CC(C(=O)NC(C)(C)C)C(O)C2O)c1-c1nc2c(C3CC3)nccc2s1. The van der Waals surface area contributed by atoms with Gasteiger partial charge in [0.1, 0.15) is 22.4 Å². The summed E-state index contributed by atoms with van der Waals surface area (Å²) < 4.78 is 1.07. The lowest BCUT2D eigenvalue weighted by Gasteiger charge is -2.24. The van der Waals surface area contributed by atoms with Crippen molar-refractivity contribution in [2.45, 2.75) is 89.5 Å². The molecule has 3 fully saturated rings. The minimum absolute atomic E-state index is 0.268. The number of pyridine rings is 1. The van der Waals surface area contributed by atoms with E-state index < -0.39 is 29.7 Å². The molecule has 208 valence electrons. The molecule has 39 heavy (non-hydrogen) atoms. The summed E-state index contributed by atoms with van der Waals surface area (Å²) in [5, 5.41) is 32.2. The number of nitrogens with one attached hydrogen (secondary N) is 3. The molecule has 3 aliphatic carbocycles. The van der Waals surface area contributed by atoms with E-state index in [9.17, 15) is 15.0 Å². The highest BCUT2D eigenvalue weighted by molar-refractivity contribution is 7.21. The van der Waals surface area contributed by atoms with E-state index in [4.69, 9.17) is 15.0 Å². The van der Waals surface area contributed by atoms with Crippen LogP contribution in [-0.4, -0.2) is 66.4 Å². The Kier molecular flexibility index (Phi) is 6.71. The second-order valence-electron chi connectivity index (χ2n) is 12.3. The molecule has 3 aromatic heterocycles. The molecule has 3 aliphatic rings. The fourth-order valence-corrected chi connectivity index (χ4v) is 6.35. The van der Waals surface area contributed by atoms with Crippen LogP contribution in [0.2, 0.25) is 0 Å². The summed E-state index contributed by atoms with van der Waals surface area (Å²) in [6.45, 7) is 8.44. The van der Waals surface area contributed by atoms with Crippen LogP contribution in [0.15, 0.2) is 12.3 Å². The van der Waals surface area contributed by atoms with E-state index in [1.165, 1.54) is 12.8 Å². The zero-order valence-electron chi connectivity index (χ0n) is 22.9. The Morgan fingerprint density at radius 3 is 2.56 bits per heavy atom. The molecule has 0 radical (unpaired) electrons. The summed E-state index contributed by atoms with van der Waals surface area (Å²) in [7, 11) is 0. The molecule has 11 heteroatoms. The Morgan fingerprint density at radius 1 is 1.10 bits per heavy atom. The van der Waals surface area contributed by atoms with Gasteiger partial charge in [-0.25, -0.2) is 9.97 Å². The quantitative estimate of drug-likeness (QED) is 0.283. The van der Waals surface area contributed by atoms with Gasteiger partial charge in [-0.1, -0.05) is 0 Å². The standard InChI is InChI=1S/C28H37N7O3S/c1-13-19(26-33-21-18(39-26)9-10-29-20(21)15-7-8-15)24(34-27(31-13)30-12-14-5-6-14)32-17-11-16(22(36)23(17)37)25(38)35-28(2,3)4/h9-10,14-17,22-23,36-37H,5-8,11-12H2,1-4H3,(H,35,38)(H2,30,31,32,34). The zero-order valence-corrected chi connectivity index (χ0v) is 23.7. The lowest BCUT2D eigenvalue weighted by atomic mass is 10.0. The highest BCUT2D eigenvalue weighted by Gasteiger charge is 2.46. The van der Waals surface area contributed by atoms with E-state index in [0.717, 1.165) is 51.6 Å². The molecule has 4 unspecified atom stereocenters. The number of aromatic nitrogens is 4. The van der Waals surface area contributed by atoms with Gasteiger partial charge in [-0.05, 0) is 71.8 Å². The highest BCUT2D eigenvalue weighted by atomic mass is 32.1. The maximum atomic E-state index is 12.9. The summed E-state index contributed by atoms with van der Waals surface area (Å²) in [4.78, 5) is 32.1.